The molecule has 15 heavy (non-hydrogen) atoms. The second-order valence-electron chi connectivity index (χ2n) is 2.85. The predicted octanol–water partition coefficient (Wildman–Crippen LogP) is 2.45. The molecule has 0 aliphatic carbocycles. The van der Waals surface area contributed by atoms with E-state index in [1.807, 2.05) is 6.07 Å². The van der Waals surface area contributed by atoms with Gasteiger partial charge in [0.05, 0.1) is 23.9 Å². The van der Waals surface area contributed by atoms with Gasteiger partial charge in [0.1, 0.15) is 11.4 Å². The van der Waals surface area contributed by atoms with Crippen LogP contribution in [0.5, 0.6) is 5.75 Å². The van der Waals surface area contributed by atoms with Gasteiger partial charge in [-0.1, -0.05) is 17.7 Å². The lowest BCUT2D eigenvalue weighted by molar-refractivity contribution is 0.415. The number of hydrogen-bond acceptors (Lipinski definition) is 5. The van der Waals surface area contributed by atoms with Crippen molar-refractivity contribution in [2.24, 2.45) is 0 Å². The average Bonchev–Trinajstić information content (AvgIpc) is 2.65. The van der Waals surface area contributed by atoms with Crippen LogP contribution in [0.2, 0.25) is 5.02 Å². The van der Waals surface area contributed by atoms with Crippen LogP contribution in [0.1, 0.15) is 0 Å². The molecule has 0 fully saturated rings. The maximum absolute atomic E-state index is 5.91. The van der Waals surface area contributed by atoms with E-state index in [4.69, 9.17) is 22.1 Å². The largest absolute Gasteiger partial charge is 0.495 e. The monoisotopic (exact) mass is 241 g/mol. The van der Waals surface area contributed by atoms with Gasteiger partial charge >= 0.3 is 0 Å². The number of nitrogens with two attached hydrogens (primary N) is 1. The Hall–Kier alpha value is -1.33. The zero-order valence-electron chi connectivity index (χ0n) is 7.90. The Morgan fingerprint density at radius 2 is 2.20 bits per heavy atom. The van der Waals surface area contributed by atoms with Gasteiger partial charge in [-0.25, -0.2) is 0 Å². The Morgan fingerprint density at radius 3 is 2.80 bits per heavy atom. The molecule has 0 saturated heterocycles. The van der Waals surface area contributed by atoms with E-state index in [-0.39, 0.29) is 0 Å². The van der Waals surface area contributed by atoms with Crippen molar-refractivity contribution in [3.8, 4) is 17.0 Å². The number of methoxy groups -OCH3 is 1. The summed E-state index contributed by atoms with van der Waals surface area (Å²) >= 11 is 6.99. The maximum Gasteiger partial charge on any atom is 0.165 e. The van der Waals surface area contributed by atoms with E-state index >= 15 is 0 Å². The molecule has 0 unspecified atom stereocenters. The Labute approximate surface area is 96.0 Å². The highest BCUT2D eigenvalue weighted by Gasteiger charge is 2.09. The van der Waals surface area contributed by atoms with Crippen molar-refractivity contribution in [2.75, 3.05) is 12.8 Å². The summed E-state index contributed by atoms with van der Waals surface area (Å²) in [5.41, 5.74) is 7.18. The minimum Gasteiger partial charge on any atom is -0.495 e. The van der Waals surface area contributed by atoms with Gasteiger partial charge < -0.3 is 10.5 Å². The van der Waals surface area contributed by atoms with Gasteiger partial charge in [-0.3, -0.25) is 0 Å². The molecule has 0 radical (unpaired) electrons. The van der Waals surface area contributed by atoms with E-state index in [0.29, 0.717) is 22.3 Å². The Bertz CT molecular complexity index is 486. The number of aromatic nitrogens is 2. The minimum absolute atomic E-state index is 0.421. The van der Waals surface area contributed by atoms with E-state index in [1.54, 1.807) is 19.2 Å². The normalized spacial score (nSPS) is 10.3. The SMILES string of the molecule is COc1cc(-c2nsnc2N)ccc1Cl. The van der Waals surface area contributed by atoms with Crippen molar-refractivity contribution in [1.82, 2.24) is 8.75 Å². The molecule has 78 valence electrons. The number of nitrogens with zero attached hydrogens (tertiary/aromatic N) is 2. The number of benzene rings is 1. The van der Waals surface area contributed by atoms with Crippen molar-refractivity contribution in [1.29, 1.82) is 0 Å². The third kappa shape index (κ3) is 1.88. The van der Waals surface area contributed by atoms with E-state index < -0.39 is 0 Å². The molecule has 0 aliphatic heterocycles. The van der Waals surface area contributed by atoms with E-state index in [1.165, 1.54) is 0 Å². The first-order chi connectivity index (χ1) is 7.22. The Kier molecular flexibility index (Phi) is 2.75. The summed E-state index contributed by atoms with van der Waals surface area (Å²) in [6, 6.07) is 5.36. The minimum atomic E-state index is 0.421. The highest BCUT2D eigenvalue weighted by Crippen LogP contribution is 2.31. The van der Waals surface area contributed by atoms with Crippen molar-refractivity contribution >= 4 is 29.1 Å². The first kappa shape index (κ1) is 10.2. The first-order valence-electron chi connectivity index (χ1n) is 4.14. The van der Waals surface area contributed by atoms with Crippen LogP contribution >= 0.6 is 23.3 Å². The Balaban J connectivity index is 2.51. The van der Waals surface area contributed by atoms with Crippen LogP contribution in [0.25, 0.3) is 11.3 Å². The van der Waals surface area contributed by atoms with Crippen LogP contribution in [0.4, 0.5) is 5.82 Å². The summed E-state index contributed by atoms with van der Waals surface area (Å²) in [7, 11) is 1.56. The molecule has 2 rings (SSSR count). The number of hydrogen-bond donors (Lipinski definition) is 1. The summed E-state index contributed by atoms with van der Waals surface area (Å²) in [5.74, 6) is 1.02. The zero-order valence-corrected chi connectivity index (χ0v) is 9.47. The highest BCUT2D eigenvalue weighted by molar-refractivity contribution is 6.99. The quantitative estimate of drug-likeness (QED) is 0.877. The summed E-state index contributed by atoms with van der Waals surface area (Å²) < 4.78 is 13.1. The predicted molar refractivity (Wildman–Crippen MR) is 61.3 cm³/mol. The molecule has 0 aliphatic rings. The fourth-order valence-electron chi connectivity index (χ4n) is 1.20. The third-order valence-corrected chi connectivity index (χ3v) is 2.79. The second-order valence-corrected chi connectivity index (χ2v) is 3.78. The molecule has 0 saturated carbocycles. The molecule has 0 bridgehead atoms. The van der Waals surface area contributed by atoms with E-state index in [2.05, 4.69) is 8.75 Å². The van der Waals surface area contributed by atoms with Gasteiger partial charge in [-0.15, -0.1) is 0 Å². The van der Waals surface area contributed by atoms with Crippen molar-refractivity contribution in [3.05, 3.63) is 23.2 Å². The topological polar surface area (TPSA) is 61.0 Å². The van der Waals surface area contributed by atoms with Crippen LogP contribution < -0.4 is 10.5 Å². The number of ether oxygens (including phenoxy) is 1. The summed E-state index contributed by atoms with van der Waals surface area (Å²) in [4.78, 5) is 0. The number of halogens is 1. The van der Waals surface area contributed by atoms with Gasteiger partial charge in [-0.2, -0.15) is 8.75 Å². The van der Waals surface area contributed by atoms with Gasteiger partial charge in [-0.05, 0) is 12.1 Å². The van der Waals surface area contributed by atoms with Crippen molar-refractivity contribution in [3.63, 3.8) is 0 Å². The van der Waals surface area contributed by atoms with Crippen LogP contribution in [0.15, 0.2) is 18.2 Å². The van der Waals surface area contributed by atoms with Gasteiger partial charge in [0.25, 0.3) is 0 Å². The van der Waals surface area contributed by atoms with E-state index in [0.717, 1.165) is 17.3 Å². The van der Waals surface area contributed by atoms with Crippen LogP contribution in [-0.4, -0.2) is 15.9 Å². The molecule has 0 spiro atoms. The lowest BCUT2D eigenvalue weighted by atomic mass is 10.1. The molecule has 0 amide bonds. The molecule has 4 nitrogen and oxygen atoms in total. The van der Waals surface area contributed by atoms with Gasteiger partial charge in [0.2, 0.25) is 0 Å². The fourth-order valence-corrected chi connectivity index (χ4v) is 1.89. The molecule has 1 heterocycles. The third-order valence-electron chi connectivity index (χ3n) is 1.94. The molecule has 0 atom stereocenters. The Morgan fingerprint density at radius 1 is 1.40 bits per heavy atom. The molecule has 1 aromatic heterocycles. The second kappa shape index (κ2) is 4.04. The van der Waals surface area contributed by atoms with Gasteiger partial charge in [0, 0.05) is 5.56 Å². The summed E-state index contributed by atoms with van der Waals surface area (Å²) in [6.45, 7) is 0. The number of rotatable bonds is 2. The number of nitrogen functional groups attached to an aromatic ring is 1. The standard InChI is InChI=1S/C9H8ClN3OS/c1-14-7-4-5(2-3-6(7)10)8-9(11)13-15-12-8/h2-4H,1H3,(H2,11,13). The molecule has 1 aromatic carbocycles. The maximum atomic E-state index is 5.91. The molecule has 2 N–H and O–H groups in total. The smallest absolute Gasteiger partial charge is 0.165 e. The van der Waals surface area contributed by atoms with Crippen LogP contribution in [-0.2, 0) is 0 Å². The molecular weight excluding hydrogens is 234 g/mol. The first-order valence-corrected chi connectivity index (χ1v) is 5.25. The fraction of sp³-hybridized carbons (Fsp3) is 0.111. The van der Waals surface area contributed by atoms with Crippen molar-refractivity contribution in [2.45, 2.75) is 0 Å². The van der Waals surface area contributed by atoms with Gasteiger partial charge in [0.15, 0.2) is 5.82 Å². The van der Waals surface area contributed by atoms with E-state index in [9.17, 15) is 0 Å². The van der Waals surface area contributed by atoms with Crippen LogP contribution in [0, 0.1) is 0 Å². The average molecular weight is 242 g/mol. The highest BCUT2D eigenvalue weighted by atomic mass is 35.5. The van der Waals surface area contributed by atoms with Crippen molar-refractivity contribution < 1.29 is 4.74 Å². The zero-order chi connectivity index (χ0) is 10.8. The summed E-state index contributed by atoms with van der Waals surface area (Å²) in [5, 5.41) is 0.558. The molecule has 2 aromatic rings. The number of anilines is 1. The lowest BCUT2D eigenvalue weighted by Gasteiger charge is -2.04. The van der Waals surface area contributed by atoms with Crippen LogP contribution in [0.3, 0.4) is 0 Å². The molecular formula is C9H8ClN3OS. The summed E-state index contributed by atoms with van der Waals surface area (Å²) in [6.07, 6.45) is 0. The lowest BCUT2D eigenvalue weighted by Crippen LogP contribution is -1.90. The molecule has 6 heteroatoms.